The van der Waals surface area contributed by atoms with Gasteiger partial charge in [-0.3, -0.25) is 0 Å². The third-order valence-electron chi connectivity index (χ3n) is 7.52. The Bertz CT molecular complexity index is 430. The van der Waals surface area contributed by atoms with Crippen LogP contribution in [0.4, 0.5) is 13.2 Å². The fourth-order valence-corrected chi connectivity index (χ4v) is 5.83. The molecule has 3 rings (SSSR count). The molecule has 0 spiro atoms. The Kier molecular flexibility index (Phi) is 8.52. The number of alkyl halides is 3. The van der Waals surface area contributed by atoms with Crippen LogP contribution in [0.1, 0.15) is 90.4 Å². The van der Waals surface area contributed by atoms with Crippen LogP contribution < -0.4 is 0 Å². The fourth-order valence-electron chi connectivity index (χ4n) is 5.83. The minimum absolute atomic E-state index is 0.119. The van der Waals surface area contributed by atoms with E-state index in [0.29, 0.717) is 25.6 Å². The van der Waals surface area contributed by atoms with Crippen LogP contribution in [0.25, 0.3) is 0 Å². The molecule has 164 valence electrons. The average Bonchev–Trinajstić information content (AvgIpc) is 2.69. The zero-order valence-electron chi connectivity index (χ0n) is 17.5. The lowest BCUT2D eigenvalue weighted by Gasteiger charge is -2.41. The Balaban J connectivity index is 1.31. The highest BCUT2D eigenvalue weighted by atomic mass is 19.4. The van der Waals surface area contributed by atoms with E-state index in [1.54, 1.807) is 0 Å². The Hall–Kier alpha value is -0.290. The van der Waals surface area contributed by atoms with Crippen LogP contribution in [0.3, 0.4) is 0 Å². The van der Waals surface area contributed by atoms with E-state index in [0.717, 1.165) is 17.8 Å². The summed E-state index contributed by atoms with van der Waals surface area (Å²) in [5.74, 6) is 3.39. The third-order valence-corrected chi connectivity index (χ3v) is 7.52. The van der Waals surface area contributed by atoms with Gasteiger partial charge in [0.1, 0.15) is 0 Å². The summed E-state index contributed by atoms with van der Waals surface area (Å²) >= 11 is 0. The monoisotopic (exact) mass is 404 g/mol. The second-order valence-electron chi connectivity index (χ2n) is 9.65. The molecule has 1 saturated heterocycles. The zero-order valence-corrected chi connectivity index (χ0v) is 17.5. The number of ether oxygens (including phenoxy) is 2. The molecule has 3 aliphatic rings. The molecule has 5 heteroatoms. The smallest absolute Gasteiger partial charge is 0.352 e. The highest BCUT2D eigenvalue weighted by Gasteiger charge is 2.36. The minimum Gasteiger partial charge on any atom is -0.352 e. The molecular weight excluding hydrogens is 365 g/mol. The SMILES string of the molecule is CCC[C@H]1CC[C@H](C2CCC([C@H]3OC[C@H](CCCC(F)(F)F)CO3)CC2)CC1. The maximum absolute atomic E-state index is 12.3. The number of halogens is 3. The Morgan fingerprint density at radius 3 is 1.79 bits per heavy atom. The van der Waals surface area contributed by atoms with Crippen LogP contribution in [-0.4, -0.2) is 25.7 Å². The third kappa shape index (κ3) is 6.90. The summed E-state index contributed by atoms with van der Waals surface area (Å²) in [6.07, 6.45) is 9.26. The molecule has 0 radical (unpaired) electrons. The predicted octanol–water partition coefficient (Wildman–Crippen LogP) is 7.12. The van der Waals surface area contributed by atoms with Gasteiger partial charge in [0.15, 0.2) is 6.29 Å². The van der Waals surface area contributed by atoms with E-state index in [4.69, 9.17) is 9.47 Å². The number of hydrogen-bond acceptors (Lipinski definition) is 2. The fraction of sp³-hybridized carbons (Fsp3) is 1.00. The van der Waals surface area contributed by atoms with Gasteiger partial charge < -0.3 is 9.47 Å². The molecule has 3 fully saturated rings. The van der Waals surface area contributed by atoms with Crippen molar-refractivity contribution < 1.29 is 22.6 Å². The standard InChI is InChI=1S/C23H39F3O2/c1-2-4-17-6-8-19(9-7-17)20-10-12-21(13-11-20)22-27-15-18(16-28-22)5-3-14-23(24,25)26/h17-22H,2-16H2,1H3/t17-,18-,19-,20?,21?,22-. The summed E-state index contributed by atoms with van der Waals surface area (Å²) in [6, 6.07) is 0. The molecule has 1 aliphatic heterocycles. The van der Waals surface area contributed by atoms with Crippen molar-refractivity contribution in [2.75, 3.05) is 13.2 Å². The Morgan fingerprint density at radius 1 is 0.714 bits per heavy atom. The van der Waals surface area contributed by atoms with Gasteiger partial charge in [-0.25, -0.2) is 0 Å². The highest BCUT2D eigenvalue weighted by Crippen LogP contribution is 2.43. The van der Waals surface area contributed by atoms with Gasteiger partial charge in [-0.1, -0.05) is 32.6 Å². The van der Waals surface area contributed by atoms with E-state index in [-0.39, 0.29) is 18.6 Å². The van der Waals surface area contributed by atoms with Crippen LogP contribution in [0.15, 0.2) is 0 Å². The average molecular weight is 405 g/mol. The van der Waals surface area contributed by atoms with E-state index < -0.39 is 12.6 Å². The van der Waals surface area contributed by atoms with Gasteiger partial charge in [-0.05, 0) is 69.1 Å². The summed E-state index contributed by atoms with van der Waals surface area (Å²) in [6.45, 7) is 3.42. The van der Waals surface area contributed by atoms with Crippen molar-refractivity contribution >= 4 is 0 Å². The zero-order chi connectivity index (χ0) is 20.0. The van der Waals surface area contributed by atoms with E-state index in [2.05, 4.69) is 6.92 Å². The van der Waals surface area contributed by atoms with Crippen LogP contribution in [0.2, 0.25) is 0 Å². The van der Waals surface area contributed by atoms with Crippen molar-refractivity contribution in [3.8, 4) is 0 Å². The molecule has 2 aliphatic carbocycles. The molecule has 0 bridgehead atoms. The Labute approximate surface area is 168 Å². The number of rotatable bonds is 7. The van der Waals surface area contributed by atoms with E-state index in [1.165, 1.54) is 64.2 Å². The molecule has 2 saturated carbocycles. The number of hydrogen-bond donors (Lipinski definition) is 0. The van der Waals surface area contributed by atoms with Crippen molar-refractivity contribution in [1.29, 1.82) is 0 Å². The van der Waals surface area contributed by atoms with Gasteiger partial charge >= 0.3 is 6.18 Å². The summed E-state index contributed by atoms with van der Waals surface area (Å²) < 4.78 is 48.7. The van der Waals surface area contributed by atoms with Crippen LogP contribution >= 0.6 is 0 Å². The summed E-state index contributed by atoms with van der Waals surface area (Å²) in [4.78, 5) is 0. The van der Waals surface area contributed by atoms with Crippen LogP contribution in [0.5, 0.6) is 0 Å². The first-order chi connectivity index (χ1) is 13.4. The first-order valence-corrected chi connectivity index (χ1v) is 11.7. The molecule has 0 aromatic rings. The minimum atomic E-state index is -4.05. The van der Waals surface area contributed by atoms with Gasteiger partial charge in [0.05, 0.1) is 13.2 Å². The predicted molar refractivity (Wildman–Crippen MR) is 105 cm³/mol. The Morgan fingerprint density at radius 2 is 1.25 bits per heavy atom. The van der Waals surface area contributed by atoms with Gasteiger partial charge in [0, 0.05) is 18.3 Å². The molecule has 0 atom stereocenters. The van der Waals surface area contributed by atoms with E-state index >= 15 is 0 Å². The normalized spacial score (nSPS) is 37.7. The molecular formula is C23H39F3O2. The molecule has 28 heavy (non-hydrogen) atoms. The molecule has 0 aromatic heterocycles. The first-order valence-electron chi connectivity index (χ1n) is 11.7. The molecule has 0 N–H and O–H groups in total. The quantitative estimate of drug-likeness (QED) is 0.450. The van der Waals surface area contributed by atoms with Gasteiger partial charge in [-0.15, -0.1) is 0 Å². The van der Waals surface area contributed by atoms with Crippen molar-refractivity contribution in [3.05, 3.63) is 0 Å². The topological polar surface area (TPSA) is 18.5 Å². The van der Waals surface area contributed by atoms with Gasteiger partial charge in [0.25, 0.3) is 0 Å². The van der Waals surface area contributed by atoms with Crippen molar-refractivity contribution in [2.24, 2.45) is 29.6 Å². The lowest BCUT2D eigenvalue weighted by molar-refractivity contribution is -0.231. The van der Waals surface area contributed by atoms with Gasteiger partial charge in [-0.2, -0.15) is 13.2 Å². The van der Waals surface area contributed by atoms with Gasteiger partial charge in [0.2, 0.25) is 0 Å². The largest absolute Gasteiger partial charge is 0.389 e. The lowest BCUT2D eigenvalue weighted by Crippen LogP contribution is -2.39. The van der Waals surface area contributed by atoms with E-state index in [9.17, 15) is 13.2 Å². The molecule has 0 amide bonds. The first kappa shape index (κ1) is 22.4. The highest BCUT2D eigenvalue weighted by molar-refractivity contribution is 4.83. The van der Waals surface area contributed by atoms with Crippen molar-refractivity contribution in [3.63, 3.8) is 0 Å². The molecule has 0 aromatic carbocycles. The maximum Gasteiger partial charge on any atom is 0.389 e. The summed E-state index contributed by atoms with van der Waals surface area (Å²) in [5, 5.41) is 0. The van der Waals surface area contributed by atoms with Crippen molar-refractivity contribution in [1.82, 2.24) is 0 Å². The molecule has 2 nitrogen and oxygen atoms in total. The lowest BCUT2D eigenvalue weighted by atomic mass is 9.68. The van der Waals surface area contributed by atoms with Crippen molar-refractivity contribution in [2.45, 2.75) is 103 Å². The van der Waals surface area contributed by atoms with Crippen LogP contribution in [-0.2, 0) is 9.47 Å². The molecule has 1 heterocycles. The second-order valence-corrected chi connectivity index (χ2v) is 9.65. The maximum atomic E-state index is 12.3. The summed E-state index contributed by atoms with van der Waals surface area (Å²) in [7, 11) is 0. The summed E-state index contributed by atoms with van der Waals surface area (Å²) in [5.41, 5.74) is 0. The molecule has 0 unspecified atom stereocenters. The van der Waals surface area contributed by atoms with E-state index in [1.807, 2.05) is 0 Å². The van der Waals surface area contributed by atoms with Crippen LogP contribution in [0, 0.1) is 29.6 Å². The second kappa shape index (κ2) is 10.7.